The van der Waals surface area contributed by atoms with Crippen LogP contribution in [0.25, 0.3) is 0 Å². The van der Waals surface area contributed by atoms with E-state index in [0.717, 1.165) is 22.9 Å². The predicted molar refractivity (Wildman–Crippen MR) is 70.9 cm³/mol. The second-order valence-electron chi connectivity index (χ2n) is 4.70. The number of halogens is 1. The molecular formula is C13H16BrNO2. The number of hydrogen-bond acceptors (Lipinski definition) is 2. The van der Waals surface area contributed by atoms with Gasteiger partial charge < -0.3 is 10.8 Å². The first-order valence-corrected chi connectivity index (χ1v) is 6.65. The number of carboxylic acids is 1. The molecule has 0 radical (unpaired) electrons. The average Bonchev–Trinajstić information content (AvgIpc) is 2.20. The molecule has 1 saturated carbocycles. The highest BCUT2D eigenvalue weighted by Gasteiger charge is 2.28. The van der Waals surface area contributed by atoms with E-state index in [1.165, 1.54) is 6.42 Å². The lowest BCUT2D eigenvalue weighted by atomic mass is 9.77. The average molecular weight is 298 g/mol. The molecule has 17 heavy (non-hydrogen) atoms. The number of aliphatic carboxylic acids is 1. The first-order valence-electron chi connectivity index (χ1n) is 5.85. The minimum atomic E-state index is -0.776. The van der Waals surface area contributed by atoms with Gasteiger partial charge in [0.1, 0.15) is 0 Å². The lowest BCUT2D eigenvalue weighted by molar-refractivity contribution is -0.139. The van der Waals surface area contributed by atoms with Gasteiger partial charge in [0.25, 0.3) is 0 Å². The van der Waals surface area contributed by atoms with Crippen LogP contribution in [0.4, 0.5) is 5.69 Å². The van der Waals surface area contributed by atoms with Crippen LogP contribution in [0.15, 0.2) is 22.7 Å². The summed E-state index contributed by atoms with van der Waals surface area (Å²) >= 11 is 3.36. The molecule has 1 aliphatic rings. The zero-order valence-corrected chi connectivity index (χ0v) is 11.1. The number of nitrogens with two attached hydrogens (primary N) is 1. The zero-order chi connectivity index (χ0) is 12.4. The topological polar surface area (TPSA) is 63.3 Å². The molecule has 1 aromatic carbocycles. The summed E-state index contributed by atoms with van der Waals surface area (Å²) in [5.41, 5.74) is 7.18. The SMILES string of the molecule is Nc1ccc(Br)cc1C(CC1CCC1)C(=O)O. The van der Waals surface area contributed by atoms with Gasteiger partial charge in [-0.3, -0.25) is 4.79 Å². The Balaban J connectivity index is 2.24. The molecule has 1 fully saturated rings. The highest BCUT2D eigenvalue weighted by atomic mass is 79.9. The molecule has 92 valence electrons. The van der Waals surface area contributed by atoms with Crippen LogP contribution in [-0.2, 0) is 4.79 Å². The third-order valence-corrected chi connectivity index (χ3v) is 4.01. The number of hydrogen-bond donors (Lipinski definition) is 2. The van der Waals surface area contributed by atoms with Gasteiger partial charge >= 0.3 is 5.97 Å². The van der Waals surface area contributed by atoms with E-state index in [0.29, 0.717) is 18.0 Å². The van der Waals surface area contributed by atoms with E-state index in [-0.39, 0.29) is 0 Å². The lowest BCUT2D eigenvalue weighted by Crippen LogP contribution is -2.21. The van der Waals surface area contributed by atoms with E-state index in [4.69, 9.17) is 5.73 Å². The summed E-state index contributed by atoms with van der Waals surface area (Å²) in [6.45, 7) is 0. The van der Waals surface area contributed by atoms with E-state index in [2.05, 4.69) is 15.9 Å². The Morgan fingerprint density at radius 1 is 1.53 bits per heavy atom. The Morgan fingerprint density at radius 2 is 2.24 bits per heavy atom. The third-order valence-electron chi connectivity index (χ3n) is 3.52. The van der Waals surface area contributed by atoms with Gasteiger partial charge in [-0.2, -0.15) is 0 Å². The Bertz CT molecular complexity index is 429. The van der Waals surface area contributed by atoms with Crippen molar-refractivity contribution in [3.05, 3.63) is 28.2 Å². The second kappa shape index (κ2) is 5.08. The molecule has 0 aliphatic heterocycles. The van der Waals surface area contributed by atoms with Gasteiger partial charge in [-0.05, 0) is 36.1 Å². The van der Waals surface area contributed by atoms with Crippen molar-refractivity contribution in [2.24, 2.45) is 5.92 Å². The summed E-state index contributed by atoms with van der Waals surface area (Å²) in [7, 11) is 0. The van der Waals surface area contributed by atoms with Gasteiger partial charge in [-0.15, -0.1) is 0 Å². The molecule has 0 aromatic heterocycles. The van der Waals surface area contributed by atoms with E-state index in [9.17, 15) is 9.90 Å². The number of nitrogen functional groups attached to an aromatic ring is 1. The third kappa shape index (κ3) is 2.80. The fourth-order valence-electron chi connectivity index (χ4n) is 2.27. The maximum absolute atomic E-state index is 11.4. The molecular weight excluding hydrogens is 282 g/mol. The molecule has 0 amide bonds. The molecule has 0 spiro atoms. The molecule has 1 atom stereocenters. The van der Waals surface area contributed by atoms with Crippen molar-refractivity contribution < 1.29 is 9.90 Å². The molecule has 0 heterocycles. The summed E-state index contributed by atoms with van der Waals surface area (Å²) in [4.78, 5) is 11.4. The normalized spacial score (nSPS) is 17.5. The number of carboxylic acid groups (broad SMARTS) is 1. The van der Waals surface area contributed by atoms with Crippen LogP contribution >= 0.6 is 15.9 Å². The van der Waals surface area contributed by atoms with Gasteiger partial charge in [0, 0.05) is 10.2 Å². The van der Waals surface area contributed by atoms with E-state index in [1.54, 1.807) is 6.07 Å². The number of rotatable bonds is 4. The minimum absolute atomic E-state index is 0.474. The van der Waals surface area contributed by atoms with Crippen LogP contribution in [0.1, 0.15) is 37.2 Å². The minimum Gasteiger partial charge on any atom is -0.481 e. The lowest BCUT2D eigenvalue weighted by Gasteiger charge is -2.28. The van der Waals surface area contributed by atoms with Crippen LogP contribution in [-0.4, -0.2) is 11.1 Å². The van der Waals surface area contributed by atoms with E-state index in [1.807, 2.05) is 12.1 Å². The molecule has 0 bridgehead atoms. The fraction of sp³-hybridized carbons (Fsp3) is 0.462. The monoisotopic (exact) mass is 297 g/mol. The molecule has 3 N–H and O–H groups in total. The smallest absolute Gasteiger partial charge is 0.311 e. The van der Waals surface area contributed by atoms with Gasteiger partial charge in [-0.1, -0.05) is 35.2 Å². The van der Waals surface area contributed by atoms with Crippen molar-refractivity contribution >= 4 is 27.6 Å². The van der Waals surface area contributed by atoms with Crippen LogP contribution in [0.2, 0.25) is 0 Å². The number of carbonyl (C=O) groups is 1. The Labute approximate surface area is 109 Å². The van der Waals surface area contributed by atoms with Crippen molar-refractivity contribution in [2.75, 3.05) is 5.73 Å². The first kappa shape index (κ1) is 12.4. The summed E-state index contributed by atoms with van der Waals surface area (Å²) in [6.07, 6.45) is 4.23. The summed E-state index contributed by atoms with van der Waals surface area (Å²) in [6, 6.07) is 5.42. The number of benzene rings is 1. The van der Waals surface area contributed by atoms with E-state index >= 15 is 0 Å². The maximum Gasteiger partial charge on any atom is 0.311 e. The van der Waals surface area contributed by atoms with Crippen molar-refractivity contribution in [1.82, 2.24) is 0 Å². The summed E-state index contributed by atoms with van der Waals surface area (Å²) in [5.74, 6) is -0.700. The van der Waals surface area contributed by atoms with Crippen LogP contribution in [0, 0.1) is 5.92 Å². The van der Waals surface area contributed by atoms with Gasteiger partial charge in [0.05, 0.1) is 5.92 Å². The Morgan fingerprint density at radius 3 is 2.76 bits per heavy atom. The highest BCUT2D eigenvalue weighted by molar-refractivity contribution is 9.10. The van der Waals surface area contributed by atoms with Crippen LogP contribution in [0.3, 0.4) is 0 Å². The van der Waals surface area contributed by atoms with Crippen LogP contribution in [0.5, 0.6) is 0 Å². The van der Waals surface area contributed by atoms with Gasteiger partial charge in [0.2, 0.25) is 0 Å². The van der Waals surface area contributed by atoms with Crippen molar-refractivity contribution in [3.8, 4) is 0 Å². The zero-order valence-electron chi connectivity index (χ0n) is 9.53. The van der Waals surface area contributed by atoms with E-state index < -0.39 is 11.9 Å². The molecule has 3 nitrogen and oxygen atoms in total. The molecule has 4 heteroatoms. The standard InChI is InChI=1S/C13H16BrNO2/c14-9-4-5-12(15)10(7-9)11(13(16)17)6-8-2-1-3-8/h4-5,7-8,11H,1-3,6,15H2,(H,16,17). The fourth-order valence-corrected chi connectivity index (χ4v) is 2.65. The van der Waals surface area contributed by atoms with Crippen LogP contribution < -0.4 is 5.73 Å². The largest absolute Gasteiger partial charge is 0.481 e. The summed E-state index contributed by atoms with van der Waals surface area (Å²) in [5, 5.41) is 9.34. The molecule has 1 aromatic rings. The molecule has 2 rings (SSSR count). The maximum atomic E-state index is 11.4. The number of anilines is 1. The molecule has 1 aliphatic carbocycles. The molecule has 1 unspecified atom stereocenters. The van der Waals surface area contributed by atoms with Gasteiger partial charge in [0.15, 0.2) is 0 Å². The Kier molecular flexibility index (Phi) is 3.72. The summed E-state index contributed by atoms with van der Waals surface area (Å²) < 4.78 is 0.876. The highest BCUT2D eigenvalue weighted by Crippen LogP contribution is 2.38. The van der Waals surface area contributed by atoms with Gasteiger partial charge in [-0.25, -0.2) is 0 Å². The molecule has 0 saturated heterocycles. The van der Waals surface area contributed by atoms with Crippen molar-refractivity contribution in [3.63, 3.8) is 0 Å². The van der Waals surface area contributed by atoms with Crippen molar-refractivity contribution in [1.29, 1.82) is 0 Å². The van der Waals surface area contributed by atoms with Crippen molar-refractivity contribution in [2.45, 2.75) is 31.6 Å². The second-order valence-corrected chi connectivity index (χ2v) is 5.61. The first-order chi connectivity index (χ1) is 8.08. The predicted octanol–water partition coefficient (Wildman–Crippen LogP) is 3.39. The Hall–Kier alpha value is -1.03. The quantitative estimate of drug-likeness (QED) is 0.837.